The van der Waals surface area contributed by atoms with Gasteiger partial charge >= 0.3 is 5.97 Å². The van der Waals surface area contributed by atoms with Gasteiger partial charge in [0.15, 0.2) is 0 Å². The van der Waals surface area contributed by atoms with Gasteiger partial charge in [0.1, 0.15) is 5.75 Å². The molecule has 1 saturated carbocycles. The number of carbonyl (C=O) groups is 2. The molecule has 0 aromatic heterocycles. The van der Waals surface area contributed by atoms with Crippen molar-refractivity contribution in [1.82, 2.24) is 5.32 Å². The van der Waals surface area contributed by atoms with Crippen LogP contribution in [-0.4, -0.2) is 23.1 Å². The van der Waals surface area contributed by atoms with Crippen LogP contribution in [0.25, 0.3) is 0 Å². The lowest BCUT2D eigenvalue weighted by molar-refractivity contribution is -0.147. The van der Waals surface area contributed by atoms with E-state index in [9.17, 15) is 14.7 Å². The van der Waals surface area contributed by atoms with Crippen LogP contribution in [0.1, 0.15) is 37.8 Å². The molecule has 1 aromatic rings. The first-order valence-corrected chi connectivity index (χ1v) is 9.35. The van der Waals surface area contributed by atoms with Crippen molar-refractivity contribution in [3.8, 4) is 5.75 Å². The topological polar surface area (TPSA) is 75.6 Å². The number of aryl methyl sites for hydroxylation is 1. The number of amides is 1. The summed E-state index contributed by atoms with van der Waals surface area (Å²) in [4.78, 5) is 24.3. The van der Waals surface area contributed by atoms with E-state index in [0.29, 0.717) is 6.54 Å². The van der Waals surface area contributed by atoms with E-state index in [2.05, 4.69) is 12.2 Å². The number of nitrogens with one attached hydrogen (secondary N) is 1. The number of allylic oxidation sites excluding steroid dienone is 2. The number of carbonyl (C=O) groups excluding carboxylic acids is 1. The highest BCUT2D eigenvalue weighted by Crippen LogP contribution is 2.48. The highest BCUT2D eigenvalue weighted by atomic mass is 16.5. The zero-order valence-electron chi connectivity index (χ0n) is 15.6. The Morgan fingerprint density at radius 3 is 2.62 bits per heavy atom. The second kappa shape index (κ2) is 7.52. The number of fused-ring (bicyclic) bond motifs is 2. The maximum Gasteiger partial charge on any atom is 0.307 e. The molecule has 2 aliphatic rings. The largest absolute Gasteiger partial charge is 0.490 e. The van der Waals surface area contributed by atoms with Crippen molar-refractivity contribution in [2.45, 2.75) is 46.3 Å². The molecule has 3 rings (SSSR count). The summed E-state index contributed by atoms with van der Waals surface area (Å²) in [6.07, 6.45) is 5.71. The molecule has 1 fully saturated rings. The molecule has 5 unspecified atom stereocenters. The van der Waals surface area contributed by atoms with Crippen LogP contribution in [0.3, 0.4) is 0 Å². The number of aliphatic carboxylic acids is 1. The Labute approximate surface area is 154 Å². The first-order valence-electron chi connectivity index (χ1n) is 9.35. The van der Waals surface area contributed by atoms with E-state index in [1.165, 1.54) is 0 Å². The molecule has 2 bridgehead atoms. The van der Waals surface area contributed by atoms with Gasteiger partial charge in [0.05, 0.1) is 17.9 Å². The van der Waals surface area contributed by atoms with Gasteiger partial charge in [-0.1, -0.05) is 31.2 Å². The molecule has 140 valence electrons. The highest BCUT2D eigenvalue weighted by Gasteiger charge is 2.51. The maximum absolute atomic E-state index is 12.7. The number of hydrogen-bond donors (Lipinski definition) is 2. The Balaban J connectivity index is 1.70. The molecule has 1 aromatic carbocycles. The van der Waals surface area contributed by atoms with Crippen molar-refractivity contribution in [3.63, 3.8) is 0 Å². The van der Waals surface area contributed by atoms with Gasteiger partial charge in [-0.05, 0) is 50.2 Å². The Kier molecular flexibility index (Phi) is 5.35. The third kappa shape index (κ3) is 3.62. The van der Waals surface area contributed by atoms with Gasteiger partial charge in [0.2, 0.25) is 5.91 Å². The number of rotatable bonds is 7. The summed E-state index contributed by atoms with van der Waals surface area (Å²) in [7, 11) is 0. The van der Waals surface area contributed by atoms with Gasteiger partial charge < -0.3 is 15.2 Å². The van der Waals surface area contributed by atoms with Gasteiger partial charge in [0.25, 0.3) is 0 Å². The zero-order chi connectivity index (χ0) is 18.8. The molecule has 0 heterocycles. The minimum atomic E-state index is -0.877. The SMILES string of the molecule is CCC(C)Oc1cc(C)ccc1CNC(=O)C1C2C=CC(C2)C1C(=O)O. The summed E-state index contributed by atoms with van der Waals surface area (Å²) in [6.45, 7) is 6.43. The second-order valence-corrected chi connectivity index (χ2v) is 7.50. The number of ether oxygens (including phenoxy) is 1. The number of benzene rings is 1. The lowest BCUT2D eigenvalue weighted by Crippen LogP contribution is -2.40. The van der Waals surface area contributed by atoms with Gasteiger partial charge in [-0.25, -0.2) is 0 Å². The van der Waals surface area contributed by atoms with Crippen molar-refractivity contribution in [2.75, 3.05) is 0 Å². The normalized spacial score (nSPS) is 27.3. The van der Waals surface area contributed by atoms with E-state index < -0.39 is 17.8 Å². The van der Waals surface area contributed by atoms with Crippen LogP contribution in [0.15, 0.2) is 30.4 Å². The van der Waals surface area contributed by atoms with E-state index in [0.717, 1.165) is 29.7 Å². The molecule has 0 radical (unpaired) electrons. The lowest BCUT2D eigenvalue weighted by Gasteiger charge is -2.24. The van der Waals surface area contributed by atoms with E-state index in [-0.39, 0.29) is 23.8 Å². The number of carboxylic acid groups (broad SMARTS) is 1. The predicted molar refractivity (Wildman–Crippen MR) is 98.8 cm³/mol. The predicted octanol–water partition coefficient (Wildman–Crippen LogP) is 3.31. The lowest BCUT2D eigenvalue weighted by atomic mass is 9.82. The molecule has 5 heteroatoms. The second-order valence-electron chi connectivity index (χ2n) is 7.50. The number of carboxylic acids is 1. The summed E-state index contributed by atoms with van der Waals surface area (Å²) in [5.41, 5.74) is 2.01. The van der Waals surface area contributed by atoms with Crippen molar-refractivity contribution in [1.29, 1.82) is 0 Å². The quantitative estimate of drug-likeness (QED) is 0.734. The molecule has 0 saturated heterocycles. The fourth-order valence-corrected chi connectivity index (χ4v) is 4.03. The fraction of sp³-hybridized carbons (Fsp3) is 0.524. The summed E-state index contributed by atoms with van der Waals surface area (Å²) in [5, 5.41) is 12.5. The average molecular weight is 357 g/mol. The summed E-state index contributed by atoms with van der Waals surface area (Å²) < 4.78 is 5.99. The van der Waals surface area contributed by atoms with Gasteiger partial charge in [-0.3, -0.25) is 9.59 Å². The van der Waals surface area contributed by atoms with E-state index in [1.807, 2.05) is 44.2 Å². The minimum absolute atomic E-state index is 0.0167. The molecule has 0 aliphatic heterocycles. The van der Waals surface area contributed by atoms with Crippen LogP contribution in [-0.2, 0) is 16.1 Å². The van der Waals surface area contributed by atoms with Crippen molar-refractivity contribution >= 4 is 11.9 Å². The molecule has 26 heavy (non-hydrogen) atoms. The van der Waals surface area contributed by atoms with Gasteiger partial charge in [0, 0.05) is 12.1 Å². The maximum atomic E-state index is 12.7. The smallest absolute Gasteiger partial charge is 0.307 e. The van der Waals surface area contributed by atoms with Gasteiger partial charge in [-0.15, -0.1) is 0 Å². The average Bonchev–Trinajstić information content (AvgIpc) is 3.21. The van der Waals surface area contributed by atoms with E-state index in [4.69, 9.17) is 4.74 Å². The third-order valence-corrected chi connectivity index (χ3v) is 5.63. The van der Waals surface area contributed by atoms with Crippen LogP contribution in [0, 0.1) is 30.6 Å². The Bertz CT molecular complexity index is 727. The zero-order valence-corrected chi connectivity index (χ0v) is 15.6. The van der Waals surface area contributed by atoms with Crippen LogP contribution < -0.4 is 10.1 Å². The van der Waals surface area contributed by atoms with Crippen LogP contribution in [0.2, 0.25) is 0 Å². The molecule has 1 amide bonds. The molecular weight excluding hydrogens is 330 g/mol. The molecule has 2 aliphatic carbocycles. The molecular formula is C21H27NO4. The monoisotopic (exact) mass is 357 g/mol. The Hall–Kier alpha value is -2.30. The fourth-order valence-electron chi connectivity index (χ4n) is 4.03. The van der Waals surface area contributed by atoms with Crippen molar-refractivity contribution < 1.29 is 19.4 Å². The van der Waals surface area contributed by atoms with Gasteiger partial charge in [-0.2, -0.15) is 0 Å². The molecule has 5 nitrogen and oxygen atoms in total. The molecule has 5 atom stereocenters. The van der Waals surface area contributed by atoms with E-state index >= 15 is 0 Å². The highest BCUT2D eigenvalue weighted by molar-refractivity contribution is 5.86. The number of hydrogen-bond acceptors (Lipinski definition) is 3. The Morgan fingerprint density at radius 1 is 1.27 bits per heavy atom. The molecule has 0 spiro atoms. The van der Waals surface area contributed by atoms with Crippen LogP contribution in [0.4, 0.5) is 0 Å². The summed E-state index contributed by atoms with van der Waals surface area (Å²) in [5.74, 6) is -1.35. The van der Waals surface area contributed by atoms with E-state index in [1.54, 1.807) is 0 Å². The van der Waals surface area contributed by atoms with Crippen LogP contribution in [0.5, 0.6) is 5.75 Å². The van der Waals surface area contributed by atoms with Crippen molar-refractivity contribution in [3.05, 3.63) is 41.5 Å². The standard InChI is InChI=1S/C21H27NO4/c1-4-13(3)26-17-9-12(2)5-6-16(17)11-22-20(23)18-14-7-8-15(10-14)19(18)21(24)25/h5-9,13-15,18-19H,4,10-11H2,1-3H3,(H,22,23)(H,24,25). The van der Waals surface area contributed by atoms with Crippen molar-refractivity contribution in [2.24, 2.45) is 23.7 Å². The summed E-state index contributed by atoms with van der Waals surface area (Å²) in [6, 6.07) is 5.93. The first-order chi connectivity index (χ1) is 12.4. The Morgan fingerprint density at radius 2 is 1.96 bits per heavy atom. The third-order valence-electron chi connectivity index (χ3n) is 5.63. The minimum Gasteiger partial charge on any atom is -0.490 e. The first kappa shape index (κ1) is 18.5. The van der Waals surface area contributed by atoms with Crippen LogP contribution >= 0.6 is 0 Å². The molecule has 2 N–H and O–H groups in total. The summed E-state index contributed by atoms with van der Waals surface area (Å²) >= 11 is 0.